The first-order chi connectivity index (χ1) is 12.1. The molecule has 2 aromatic heterocycles. The number of amides is 1. The third kappa shape index (κ3) is 4.58. The van der Waals surface area contributed by atoms with Gasteiger partial charge in [0.05, 0.1) is 6.26 Å². The van der Waals surface area contributed by atoms with Crippen LogP contribution in [-0.2, 0) is 17.8 Å². The molecule has 1 amide bonds. The van der Waals surface area contributed by atoms with Crippen molar-refractivity contribution in [2.45, 2.75) is 13.0 Å². The summed E-state index contributed by atoms with van der Waals surface area (Å²) in [6.45, 7) is 0.321. The van der Waals surface area contributed by atoms with Crippen LogP contribution in [0.25, 0.3) is 11.5 Å². The minimum atomic E-state index is -0.344. The van der Waals surface area contributed by atoms with Gasteiger partial charge >= 0.3 is 0 Å². The average molecular weight is 358 g/mol. The lowest BCUT2D eigenvalue weighted by molar-refractivity contribution is -0.121. The quantitative estimate of drug-likeness (QED) is 0.735. The van der Waals surface area contributed by atoms with Crippen LogP contribution in [0.15, 0.2) is 64.0 Å². The molecule has 0 aliphatic carbocycles. The molecule has 0 bridgehead atoms. The van der Waals surface area contributed by atoms with E-state index < -0.39 is 0 Å². The van der Waals surface area contributed by atoms with Gasteiger partial charge in [-0.3, -0.25) is 9.59 Å². The van der Waals surface area contributed by atoms with Crippen molar-refractivity contribution < 1.29 is 9.21 Å². The van der Waals surface area contributed by atoms with Crippen molar-refractivity contribution in [2.75, 3.05) is 6.54 Å². The lowest BCUT2D eigenvalue weighted by atomic mass is 10.1. The number of nitrogens with zero attached hydrogens (tertiary/aromatic N) is 2. The molecule has 1 N–H and O–H groups in total. The molecule has 3 rings (SSSR count). The molecule has 0 radical (unpaired) electrons. The van der Waals surface area contributed by atoms with Crippen LogP contribution in [-0.4, -0.2) is 22.2 Å². The van der Waals surface area contributed by atoms with Crippen molar-refractivity contribution in [1.82, 2.24) is 15.1 Å². The van der Waals surface area contributed by atoms with Crippen LogP contribution in [0.1, 0.15) is 5.56 Å². The van der Waals surface area contributed by atoms with Gasteiger partial charge in [-0.1, -0.05) is 23.7 Å². The highest BCUT2D eigenvalue weighted by Gasteiger charge is 2.09. The number of benzene rings is 1. The summed E-state index contributed by atoms with van der Waals surface area (Å²) in [6, 6.07) is 13.8. The first-order valence-corrected chi connectivity index (χ1v) is 8.13. The molecule has 0 saturated carbocycles. The van der Waals surface area contributed by atoms with E-state index >= 15 is 0 Å². The number of aromatic nitrogens is 2. The molecule has 6 nitrogen and oxygen atoms in total. The molecule has 0 fully saturated rings. The van der Waals surface area contributed by atoms with E-state index in [9.17, 15) is 9.59 Å². The Bertz CT molecular complexity index is 902. The van der Waals surface area contributed by atoms with Crippen molar-refractivity contribution in [1.29, 1.82) is 0 Å². The van der Waals surface area contributed by atoms with Crippen LogP contribution in [0.2, 0.25) is 5.02 Å². The Balaban J connectivity index is 1.58. The second kappa shape index (κ2) is 7.81. The Kier molecular flexibility index (Phi) is 5.30. The molecular weight excluding hydrogens is 342 g/mol. The summed E-state index contributed by atoms with van der Waals surface area (Å²) >= 11 is 5.84. The zero-order valence-corrected chi connectivity index (χ0v) is 14.1. The van der Waals surface area contributed by atoms with Crippen LogP contribution in [0.3, 0.4) is 0 Å². The minimum Gasteiger partial charge on any atom is -0.463 e. The minimum absolute atomic E-state index is 0.145. The first-order valence-electron chi connectivity index (χ1n) is 7.75. The highest BCUT2D eigenvalue weighted by molar-refractivity contribution is 6.30. The highest BCUT2D eigenvalue weighted by Crippen LogP contribution is 2.15. The van der Waals surface area contributed by atoms with Crippen LogP contribution < -0.4 is 10.9 Å². The molecule has 0 aliphatic heterocycles. The van der Waals surface area contributed by atoms with Gasteiger partial charge in [-0.25, -0.2) is 4.68 Å². The lowest BCUT2D eigenvalue weighted by Crippen LogP contribution is -2.34. The number of nitrogens with one attached hydrogen (secondary N) is 1. The van der Waals surface area contributed by atoms with Crippen molar-refractivity contribution in [2.24, 2.45) is 0 Å². The maximum Gasteiger partial charge on any atom is 0.267 e. The molecule has 3 aromatic rings. The summed E-state index contributed by atoms with van der Waals surface area (Å²) in [5, 5.41) is 7.62. The predicted octanol–water partition coefficient (Wildman–Crippen LogP) is 2.52. The summed E-state index contributed by atoms with van der Waals surface area (Å²) in [7, 11) is 0. The Morgan fingerprint density at radius 1 is 1.16 bits per heavy atom. The standard InChI is InChI=1S/C18H16ClN3O3/c19-14-5-3-13(4-6-14)9-10-20-17(23)12-22-18(24)8-7-15(21-22)16-2-1-11-25-16/h1-8,11H,9-10,12H2,(H,20,23). The van der Waals surface area contributed by atoms with E-state index in [1.54, 1.807) is 18.2 Å². The maximum atomic E-state index is 12.1. The maximum absolute atomic E-state index is 12.1. The summed E-state index contributed by atoms with van der Waals surface area (Å²) in [4.78, 5) is 23.9. The van der Waals surface area contributed by atoms with Gasteiger partial charge in [0.25, 0.3) is 5.56 Å². The third-order valence-corrected chi connectivity index (χ3v) is 3.83. The smallest absolute Gasteiger partial charge is 0.267 e. The molecule has 25 heavy (non-hydrogen) atoms. The van der Waals surface area contributed by atoms with Gasteiger partial charge in [0.2, 0.25) is 5.91 Å². The topological polar surface area (TPSA) is 77.1 Å². The SMILES string of the molecule is O=C(Cn1nc(-c2ccco2)ccc1=O)NCCc1ccc(Cl)cc1. The molecule has 2 heterocycles. The van der Waals surface area contributed by atoms with Crippen LogP contribution in [0, 0.1) is 0 Å². The Morgan fingerprint density at radius 2 is 1.96 bits per heavy atom. The number of carbonyl (C=O) groups excluding carboxylic acids is 1. The monoisotopic (exact) mass is 357 g/mol. The Morgan fingerprint density at radius 3 is 2.68 bits per heavy atom. The van der Waals surface area contributed by atoms with Crippen LogP contribution in [0.5, 0.6) is 0 Å². The summed E-state index contributed by atoms with van der Waals surface area (Å²) in [5.74, 6) is 0.261. The largest absolute Gasteiger partial charge is 0.463 e. The molecule has 0 spiro atoms. The fourth-order valence-electron chi connectivity index (χ4n) is 2.31. The summed E-state index contributed by atoms with van der Waals surface area (Å²) in [5.41, 5.74) is 1.22. The Hall–Kier alpha value is -2.86. The van der Waals surface area contributed by atoms with Crippen molar-refractivity contribution >= 4 is 17.5 Å². The van der Waals surface area contributed by atoms with Crippen LogP contribution >= 0.6 is 11.6 Å². The molecule has 0 saturated heterocycles. The van der Waals surface area contributed by atoms with E-state index in [1.165, 1.54) is 12.3 Å². The van der Waals surface area contributed by atoms with Crippen molar-refractivity contribution in [3.63, 3.8) is 0 Å². The fourth-order valence-corrected chi connectivity index (χ4v) is 2.43. The van der Waals surface area contributed by atoms with Gasteiger partial charge in [0.15, 0.2) is 5.76 Å². The Labute approximate surface area is 149 Å². The van der Waals surface area contributed by atoms with Gasteiger partial charge in [-0.2, -0.15) is 5.10 Å². The number of furan rings is 1. The molecule has 0 aliphatic rings. The summed E-state index contributed by atoms with van der Waals surface area (Å²) in [6.07, 6.45) is 2.20. The number of rotatable bonds is 6. The molecular formula is C18H16ClN3O3. The lowest BCUT2D eigenvalue weighted by Gasteiger charge is -2.08. The van der Waals surface area contributed by atoms with E-state index in [0.717, 1.165) is 10.2 Å². The van der Waals surface area contributed by atoms with Crippen LogP contribution in [0.4, 0.5) is 0 Å². The van der Waals surface area contributed by atoms with Crippen molar-refractivity contribution in [3.8, 4) is 11.5 Å². The van der Waals surface area contributed by atoms with E-state index in [4.69, 9.17) is 16.0 Å². The number of halogens is 1. The van der Waals surface area contributed by atoms with Crippen molar-refractivity contribution in [3.05, 3.63) is 75.7 Å². The van der Waals surface area contributed by atoms with E-state index in [-0.39, 0.29) is 18.0 Å². The van der Waals surface area contributed by atoms with Gasteiger partial charge in [-0.15, -0.1) is 0 Å². The molecule has 1 aromatic carbocycles. The summed E-state index contributed by atoms with van der Waals surface area (Å²) < 4.78 is 6.37. The molecule has 0 atom stereocenters. The van der Waals surface area contributed by atoms with Gasteiger partial charge in [-0.05, 0) is 42.3 Å². The van der Waals surface area contributed by atoms with E-state index in [1.807, 2.05) is 24.3 Å². The zero-order chi connectivity index (χ0) is 17.6. The second-order valence-electron chi connectivity index (χ2n) is 5.42. The molecule has 7 heteroatoms. The van der Waals surface area contributed by atoms with E-state index in [2.05, 4.69) is 10.4 Å². The van der Waals surface area contributed by atoms with E-state index in [0.29, 0.717) is 29.4 Å². The third-order valence-electron chi connectivity index (χ3n) is 3.58. The van der Waals surface area contributed by atoms with Gasteiger partial charge < -0.3 is 9.73 Å². The number of hydrogen-bond acceptors (Lipinski definition) is 4. The first kappa shape index (κ1) is 17.0. The second-order valence-corrected chi connectivity index (χ2v) is 5.85. The van der Waals surface area contributed by atoms with Gasteiger partial charge in [0, 0.05) is 17.6 Å². The fraction of sp³-hybridized carbons (Fsp3) is 0.167. The number of hydrogen-bond donors (Lipinski definition) is 1. The number of carbonyl (C=O) groups is 1. The zero-order valence-electron chi connectivity index (χ0n) is 13.3. The highest BCUT2D eigenvalue weighted by atomic mass is 35.5. The molecule has 0 unspecified atom stereocenters. The molecule has 128 valence electrons. The average Bonchev–Trinajstić information content (AvgIpc) is 3.13. The van der Waals surface area contributed by atoms with Gasteiger partial charge in [0.1, 0.15) is 12.2 Å². The predicted molar refractivity (Wildman–Crippen MR) is 94.4 cm³/mol. The normalized spacial score (nSPS) is 10.6.